The van der Waals surface area contributed by atoms with Crippen molar-refractivity contribution in [2.45, 2.75) is 12.3 Å². The SMILES string of the molecule is Cn1ncc2c(NCC(F)(F)C(F)F)ncnc21. The predicted molar refractivity (Wildman–Crippen MR) is 55.7 cm³/mol. The van der Waals surface area contributed by atoms with Crippen molar-refractivity contribution < 1.29 is 17.6 Å². The van der Waals surface area contributed by atoms with E-state index in [0.29, 0.717) is 11.0 Å². The van der Waals surface area contributed by atoms with E-state index in [9.17, 15) is 17.6 Å². The molecule has 0 amide bonds. The molecule has 0 fully saturated rings. The summed E-state index contributed by atoms with van der Waals surface area (Å²) < 4.78 is 50.9. The van der Waals surface area contributed by atoms with E-state index >= 15 is 0 Å². The molecular formula is C9H9F4N5. The molecule has 1 N–H and O–H groups in total. The van der Waals surface area contributed by atoms with Crippen LogP contribution < -0.4 is 5.32 Å². The highest BCUT2D eigenvalue weighted by Gasteiger charge is 2.40. The molecule has 18 heavy (non-hydrogen) atoms. The Morgan fingerprint density at radius 3 is 2.78 bits per heavy atom. The summed E-state index contributed by atoms with van der Waals surface area (Å²) in [6.45, 7) is -1.20. The van der Waals surface area contributed by atoms with Crippen LogP contribution in [0.1, 0.15) is 0 Å². The second-order valence-electron chi connectivity index (χ2n) is 3.64. The molecule has 0 atom stereocenters. The smallest absolute Gasteiger partial charge is 0.324 e. The van der Waals surface area contributed by atoms with Crippen LogP contribution in [0.15, 0.2) is 12.5 Å². The fraction of sp³-hybridized carbons (Fsp3) is 0.444. The molecule has 5 nitrogen and oxygen atoms in total. The summed E-state index contributed by atoms with van der Waals surface area (Å²) in [6, 6.07) is 0. The van der Waals surface area contributed by atoms with Crippen molar-refractivity contribution in [3.63, 3.8) is 0 Å². The molecule has 0 bridgehead atoms. The number of hydrogen-bond acceptors (Lipinski definition) is 4. The van der Waals surface area contributed by atoms with Crippen LogP contribution in [0.2, 0.25) is 0 Å². The number of aromatic nitrogens is 4. The number of aryl methyl sites for hydroxylation is 1. The Kier molecular flexibility index (Phi) is 3.05. The number of nitrogens with zero attached hydrogens (tertiary/aromatic N) is 4. The quantitative estimate of drug-likeness (QED) is 0.853. The number of nitrogens with one attached hydrogen (secondary N) is 1. The molecule has 0 unspecified atom stereocenters. The predicted octanol–water partition coefficient (Wildman–Crippen LogP) is 1.68. The van der Waals surface area contributed by atoms with Crippen LogP contribution in [0.25, 0.3) is 11.0 Å². The number of fused-ring (bicyclic) bond motifs is 1. The summed E-state index contributed by atoms with van der Waals surface area (Å²) in [5.41, 5.74) is 0.424. The molecule has 0 saturated heterocycles. The highest BCUT2D eigenvalue weighted by Crippen LogP contribution is 2.24. The van der Waals surface area contributed by atoms with Crippen molar-refractivity contribution in [2.24, 2.45) is 7.05 Å². The first-order valence-electron chi connectivity index (χ1n) is 4.94. The van der Waals surface area contributed by atoms with E-state index in [1.165, 1.54) is 10.9 Å². The minimum Gasteiger partial charge on any atom is -0.363 e. The Morgan fingerprint density at radius 2 is 2.11 bits per heavy atom. The molecule has 0 aromatic carbocycles. The summed E-state index contributed by atoms with van der Waals surface area (Å²) in [5, 5.41) is 6.46. The molecule has 0 aliphatic rings. The van der Waals surface area contributed by atoms with Gasteiger partial charge >= 0.3 is 12.3 Å². The number of alkyl halides is 4. The average molecular weight is 263 g/mol. The number of anilines is 1. The summed E-state index contributed by atoms with van der Waals surface area (Å²) in [6.07, 6.45) is -1.21. The summed E-state index contributed by atoms with van der Waals surface area (Å²) in [4.78, 5) is 7.62. The summed E-state index contributed by atoms with van der Waals surface area (Å²) in [7, 11) is 1.62. The Bertz CT molecular complexity index is 553. The molecule has 0 radical (unpaired) electrons. The van der Waals surface area contributed by atoms with Gasteiger partial charge in [-0.15, -0.1) is 0 Å². The first kappa shape index (κ1) is 12.5. The van der Waals surface area contributed by atoms with Gasteiger partial charge in [0, 0.05) is 7.05 Å². The Hall–Kier alpha value is -1.93. The zero-order valence-electron chi connectivity index (χ0n) is 9.24. The first-order valence-corrected chi connectivity index (χ1v) is 4.94. The lowest BCUT2D eigenvalue weighted by molar-refractivity contribution is -0.117. The van der Waals surface area contributed by atoms with E-state index in [4.69, 9.17) is 0 Å². The number of rotatable bonds is 4. The molecule has 2 heterocycles. The van der Waals surface area contributed by atoms with Crippen molar-refractivity contribution in [1.29, 1.82) is 0 Å². The van der Waals surface area contributed by atoms with Crippen LogP contribution in [-0.4, -0.2) is 38.6 Å². The third-order valence-corrected chi connectivity index (χ3v) is 2.34. The van der Waals surface area contributed by atoms with E-state index in [1.54, 1.807) is 7.05 Å². The molecule has 0 aliphatic heterocycles. The lowest BCUT2D eigenvalue weighted by Gasteiger charge is -2.16. The Labute approximate surface area is 98.8 Å². The molecule has 9 heteroatoms. The maximum atomic E-state index is 12.8. The third-order valence-electron chi connectivity index (χ3n) is 2.34. The van der Waals surface area contributed by atoms with E-state index in [1.807, 2.05) is 0 Å². The van der Waals surface area contributed by atoms with Gasteiger partial charge in [0.1, 0.15) is 12.1 Å². The number of halogens is 4. The maximum Gasteiger partial charge on any atom is 0.324 e. The van der Waals surface area contributed by atoms with Crippen LogP contribution >= 0.6 is 0 Å². The zero-order chi connectivity index (χ0) is 13.3. The molecule has 0 spiro atoms. The Balaban J connectivity index is 2.23. The summed E-state index contributed by atoms with van der Waals surface area (Å²) >= 11 is 0. The van der Waals surface area contributed by atoms with Crippen LogP contribution in [-0.2, 0) is 7.05 Å². The first-order chi connectivity index (χ1) is 8.42. The van der Waals surface area contributed by atoms with Crippen LogP contribution in [0, 0.1) is 0 Å². The standard InChI is InChI=1S/C9H9F4N5/c1-18-7-5(2-17-18)6(15-4-16-7)14-3-9(12,13)8(10)11/h2,4,8H,3H2,1H3,(H,14,15,16). The van der Waals surface area contributed by atoms with E-state index in [2.05, 4.69) is 20.4 Å². The van der Waals surface area contributed by atoms with Gasteiger partial charge in [-0.05, 0) is 0 Å². The minimum absolute atomic E-state index is 0.0495. The highest BCUT2D eigenvalue weighted by atomic mass is 19.3. The number of hydrogen-bond donors (Lipinski definition) is 1. The lowest BCUT2D eigenvalue weighted by atomic mass is 10.3. The highest BCUT2D eigenvalue weighted by molar-refractivity contribution is 5.85. The van der Waals surface area contributed by atoms with Crippen molar-refractivity contribution >= 4 is 16.9 Å². The van der Waals surface area contributed by atoms with Gasteiger partial charge in [0.25, 0.3) is 0 Å². The molecule has 98 valence electrons. The molecular weight excluding hydrogens is 254 g/mol. The van der Waals surface area contributed by atoms with Gasteiger partial charge in [-0.2, -0.15) is 13.9 Å². The second-order valence-corrected chi connectivity index (χ2v) is 3.64. The lowest BCUT2D eigenvalue weighted by Crippen LogP contribution is -2.35. The van der Waals surface area contributed by atoms with E-state index in [-0.39, 0.29) is 5.82 Å². The molecule has 2 aromatic rings. The van der Waals surface area contributed by atoms with Gasteiger partial charge in [0.05, 0.1) is 18.1 Å². The van der Waals surface area contributed by atoms with E-state index < -0.39 is 18.9 Å². The minimum atomic E-state index is -4.11. The van der Waals surface area contributed by atoms with Crippen molar-refractivity contribution in [2.75, 3.05) is 11.9 Å². The zero-order valence-corrected chi connectivity index (χ0v) is 9.24. The normalized spacial score (nSPS) is 12.3. The van der Waals surface area contributed by atoms with Gasteiger partial charge < -0.3 is 5.32 Å². The fourth-order valence-corrected chi connectivity index (χ4v) is 1.38. The summed E-state index contributed by atoms with van der Waals surface area (Å²) in [5.74, 6) is -4.06. The molecule has 2 aromatic heterocycles. The van der Waals surface area contributed by atoms with Crippen LogP contribution in [0.3, 0.4) is 0 Å². The fourth-order valence-electron chi connectivity index (χ4n) is 1.38. The van der Waals surface area contributed by atoms with Crippen molar-refractivity contribution in [3.8, 4) is 0 Å². The largest absolute Gasteiger partial charge is 0.363 e. The van der Waals surface area contributed by atoms with Gasteiger partial charge in [-0.1, -0.05) is 0 Å². The van der Waals surface area contributed by atoms with Gasteiger partial charge in [0.2, 0.25) is 0 Å². The average Bonchev–Trinajstić information content (AvgIpc) is 2.69. The van der Waals surface area contributed by atoms with Gasteiger partial charge in [-0.25, -0.2) is 18.7 Å². The van der Waals surface area contributed by atoms with Crippen molar-refractivity contribution in [3.05, 3.63) is 12.5 Å². The molecule has 0 saturated carbocycles. The molecule has 2 rings (SSSR count). The monoisotopic (exact) mass is 263 g/mol. The topological polar surface area (TPSA) is 55.6 Å². The van der Waals surface area contributed by atoms with E-state index in [0.717, 1.165) is 6.33 Å². The Morgan fingerprint density at radius 1 is 1.39 bits per heavy atom. The maximum absolute atomic E-state index is 12.8. The van der Waals surface area contributed by atoms with Gasteiger partial charge in [-0.3, -0.25) is 4.68 Å². The van der Waals surface area contributed by atoms with Crippen LogP contribution in [0.5, 0.6) is 0 Å². The van der Waals surface area contributed by atoms with Crippen molar-refractivity contribution in [1.82, 2.24) is 19.7 Å². The van der Waals surface area contributed by atoms with Gasteiger partial charge in [0.15, 0.2) is 5.65 Å². The second kappa shape index (κ2) is 4.39. The van der Waals surface area contributed by atoms with Crippen LogP contribution in [0.4, 0.5) is 23.4 Å². The molecule has 0 aliphatic carbocycles. The third kappa shape index (κ3) is 2.20.